The topological polar surface area (TPSA) is 76.2 Å². The molecule has 0 saturated carbocycles. The molecule has 10 heteroatoms. The molecule has 0 spiro atoms. The summed E-state index contributed by atoms with van der Waals surface area (Å²) in [5.41, 5.74) is 2.37. The third-order valence-electron chi connectivity index (χ3n) is 6.26. The molecule has 1 saturated heterocycles. The Hall–Kier alpha value is -2.46. The third-order valence-corrected chi connectivity index (χ3v) is 8.64. The molecule has 0 unspecified atom stereocenters. The summed E-state index contributed by atoms with van der Waals surface area (Å²) in [6.07, 6.45) is -0.256. The molecule has 0 amide bonds. The van der Waals surface area contributed by atoms with Crippen LogP contribution >= 0.6 is 23.2 Å². The highest BCUT2D eigenvalue weighted by Crippen LogP contribution is 2.25. The van der Waals surface area contributed by atoms with Crippen molar-refractivity contribution in [3.05, 3.63) is 99.5 Å². The van der Waals surface area contributed by atoms with Crippen LogP contribution in [0.2, 0.25) is 10.0 Å². The number of benzene rings is 3. The number of methoxy groups -OCH3 is 1. The highest BCUT2D eigenvalue weighted by molar-refractivity contribution is 7.89. The van der Waals surface area contributed by atoms with E-state index in [1.807, 2.05) is 36.4 Å². The standard InChI is InChI=1S/C27H28Cl2N2O5S/c1-35-27(32)22-7-5-20(6-8-22)19-36-26(21-9-11-23(28)12-10-21)18-30-13-15-31(16-14-30)37(33,34)25-4-2-3-24(29)17-25/h2-12,17,26H,13-16,18-19H2,1H3/t26-/m0/s1. The van der Waals surface area contributed by atoms with E-state index >= 15 is 0 Å². The van der Waals surface area contributed by atoms with Gasteiger partial charge in [0, 0.05) is 42.8 Å². The number of carbonyl (C=O) groups excluding carboxylic acids is 1. The van der Waals surface area contributed by atoms with Gasteiger partial charge in [0.05, 0.1) is 30.3 Å². The van der Waals surface area contributed by atoms with Crippen LogP contribution in [0.15, 0.2) is 77.7 Å². The molecular weight excluding hydrogens is 535 g/mol. The lowest BCUT2D eigenvalue weighted by molar-refractivity contribution is 0.00771. The summed E-state index contributed by atoms with van der Waals surface area (Å²) in [6.45, 7) is 2.82. The molecule has 0 N–H and O–H groups in total. The van der Waals surface area contributed by atoms with E-state index in [1.165, 1.54) is 17.5 Å². The van der Waals surface area contributed by atoms with Gasteiger partial charge in [-0.05, 0) is 53.6 Å². The predicted octanol–water partition coefficient (Wildman–Crippen LogP) is 5.04. The van der Waals surface area contributed by atoms with Crippen molar-refractivity contribution < 1.29 is 22.7 Å². The molecule has 1 aliphatic heterocycles. The molecule has 1 atom stereocenters. The van der Waals surface area contributed by atoms with Gasteiger partial charge >= 0.3 is 5.97 Å². The number of sulfonamides is 1. The van der Waals surface area contributed by atoms with Crippen LogP contribution in [0.3, 0.4) is 0 Å². The van der Waals surface area contributed by atoms with Crippen LogP contribution in [0.25, 0.3) is 0 Å². The van der Waals surface area contributed by atoms with E-state index in [0.717, 1.165) is 11.1 Å². The summed E-state index contributed by atoms with van der Waals surface area (Å²) in [6, 6.07) is 21.0. The zero-order chi connectivity index (χ0) is 26.4. The lowest BCUT2D eigenvalue weighted by Gasteiger charge is -2.36. The van der Waals surface area contributed by atoms with Crippen molar-refractivity contribution in [3.63, 3.8) is 0 Å². The van der Waals surface area contributed by atoms with Crippen molar-refractivity contribution in [2.24, 2.45) is 0 Å². The maximum Gasteiger partial charge on any atom is 0.337 e. The van der Waals surface area contributed by atoms with Crippen LogP contribution in [-0.2, 0) is 26.1 Å². The number of nitrogens with zero attached hydrogens (tertiary/aromatic N) is 2. The minimum atomic E-state index is -3.61. The summed E-state index contributed by atoms with van der Waals surface area (Å²) in [7, 11) is -2.26. The van der Waals surface area contributed by atoms with Gasteiger partial charge < -0.3 is 9.47 Å². The molecular formula is C27H28Cl2N2O5S. The van der Waals surface area contributed by atoms with E-state index in [2.05, 4.69) is 4.90 Å². The van der Waals surface area contributed by atoms with Gasteiger partial charge in [-0.3, -0.25) is 4.90 Å². The van der Waals surface area contributed by atoms with E-state index < -0.39 is 10.0 Å². The molecule has 1 fully saturated rings. The molecule has 196 valence electrons. The molecule has 3 aromatic rings. The van der Waals surface area contributed by atoms with Crippen LogP contribution in [0.1, 0.15) is 27.6 Å². The fraction of sp³-hybridized carbons (Fsp3) is 0.296. The first kappa shape index (κ1) is 27.6. The van der Waals surface area contributed by atoms with Gasteiger partial charge in [0.2, 0.25) is 10.0 Å². The number of piperazine rings is 1. The summed E-state index contributed by atoms with van der Waals surface area (Å²) in [5, 5.41) is 1.03. The van der Waals surface area contributed by atoms with Gasteiger partial charge in [0.15, 0.2) is 0 Å². The van der Waals surface area contributed by atoms with Crippen LogP contribution in [0.5, 0.6) is 0 Å². The summed E-state index contributed by atoms with van der Waals surface area (Å²) in [4.78, 5) is 14.1. The maximum atomic E-state index is 13.0. The van der Waals surface area contributed by atoms with E-state index in [9.17, 15) is 13.2 Å². The van der Waals surface area contributed by atoms with Crippen molar-refractivity contribution in [2.45, 2.75) is 17.6 Å². The average molecular weight is 564 g/mol. The number of hydrogen-bond acceptors (Lipinski definition) is 6. The number of halogens is 2. The van der Waals surface area contributed by atoms with E-state index in [4.69, 9.17) is 32.7 Å². The molecule has 3 aromatic carbocycles. The monoisotopic (exact) mass is 562 g/mol. The van der Waals surface area contributed by atoms with Crippen LogP contribution in [0.4, 0.5) is 0 Å². The number of hydrogen-bond donors (Lipinski definition) is 0. The highest BCUT2D eigenvalue weighted by atomic mass is 35.5. The molecule has 37 heavy (non-hydrogen) atoms. The van der Waals surface area contributed by atoms with E-state index in [-0.39, 0.29) is 17.0 Å². The Bertz CT molecular complexity index is 1310. The Balaban J connectivity index is 1.41. The molecule has 1 heterocycles. The summed E-state index contributed by atoms with van der Waals surface area (Å²) < 4.78 is 38.7. The normalized spacial score (nSPS) is 15.9. The molecule has 1 aliphatic rings. The second kappa shape index (κ2) is 12.4. The quantitative estimate of drug-likeness (QED) is 0.340. The lowest BCUT2D eigenvalue weighted by Crippen LogP contribution is -2.49. The first-order valence-corrected chi connectivity index (χ1v) is 14.0. The van der Waals surface area contributed by atoms with Gasteiger partial charge in [-0.15, -0.1) is 0 Å². The molecule has 4 rings (SSSR count). The van der Waals surface area contributed by atoms with Gasteiger partial charge in [-0.25, -0.2) is 13.2 Å². The Morgan fingerprint density at radius 1 is 0.919 bits per heavy atom. The van der Waals surface area contributed by atoms with Crippen molar-refractivity contribution in [1.29, 1.82) is 0 Å². The van der Waals surface area contributed by atoms with Crippen LogP contribution < -0.4 is 0 Å². The van der Waals surface area contributed by atoms with Crippen LogP contribution in [0, 0.1) is 0 Å². The largest absolute Gasteiger partial charge is 0.465 e. The van der Waals surface area contributed by atoms with Crippen molar-refractivity contribution in [3.8, 4) is 0 Å². The average Bonchev–Trinajstić information content (AvgIpc) is 2.91. The molecule has 0 radical (unpaired) electrons. The fourth-order valence-electron chi connectivity index (χ4n) is 4.15. The zero-order valence-corrected chi connectivity index (χ0v) is 22.7. The van der Waals surface area contributed by atoms with Gasteiger partial charge in [0.1, 0.15) is 0 Å². The Labute approximate surface area is 227 Å². The first-order valence-electron chi connectivity index (χ1n) is 11.8. The highest BCUT2D eigenvalue weighted by Gasteiger charge is 2.30. The zero-order valence-electron chi connectivity index (χ0n) is 20.3. The summed E-state index contributed by atoms with van der Waals surface area (Å²) >= 11 is 12.1. The number of rotatable bonds is 9. The Morgan fingerprint density at radius 2 is 1.59 bits per heavy atom. The predicted molar refractivity (Wildman–Crippen MR) is 143 cm³/mol. The van der Waals surface area contributed by atoms with Gasteiger partial charge in [0.25, 0.3) is 0 Å². The smallest absolute Gasteiger partial charge is 0.337 e. The maximum absolute atomic E-state index is 13.0. The first-order chi connectivity index (χ1) is 17.8. The Kier molecular flexibility index (Phi) is 9.23. The minimum absolute atomic E-state index is 0.203. The Morgan fingerprint density at radius 3 is 2.22 bits per heavy atom. The van der Waals surface area contributed by atoms with E-state index in [0.29, 0.717) is 54.9 Å². The fourth-order valence-corrected chi connectivity index (χ4v) is 6.00. The van der Waals surface area contributed by atoms with Gasteiger partial charge in [-0.1, -0.05) is 53.5 Å². The molecule has 0 aliphatic carbocycles. The third kappa shape index (κ3) is 7.10. The van der Waals surface area contributed by atoms with Crippen molar-refractivity contribution in [2.75, 3.05) is 39.8 Å². The summed E-state index contributed by atoms with van der Waals surface area (Å²) in [5.74, 6) is -0.386. The second-order valence-corrected chi connectivity index (χ2v) is 11.5. The molecule has 7 nitrogen and oxygen atoms in total. The van der Waals surface area contributed by atoms with Crippen molar-refractivity contribution in [1.82, 2.24) is 9.21 Å². The van der Waals surface area contributed by atoms with E-state index in [1.54, 1.807) is 30.3 Å². The lowest BCUT2D eigenvalue weighted by atomic mass is 10.1. The van der Waals surface area contributed by atoms with Crippen molar-refractivity contribution >= 4 is 39.2 Å². The number of esters is 1. The molecule has 0 aromatic heterocycles. The SMILES string of the molecule is COC(=O)c1ccc(CO[C@@H](CN2CCN(S(=O)(=O)c3cccc(Cl)c3)CC2)c2ccc(Cl)cc2)cc1. The number of carbonyl (C=O) groups is 1. The van der Waals surface area contributed by atoms with Gasteiger partial charge in [-0.2, -0.15) is 4.31 Å². The molecule has 0 bridgehead atoms. The van der Waals surface area contributed by atoms with Crippen LogP contribution in [-0.4, -0.2) is 63.4 Å². The second-order valence-electron chi connectivity index (χ2n) is 8.70. The number of ether oxygens (including phenoxy) is 2. The minimum Gasteiger partial charge on any atom is -0.465 e.